The molecule has 0 radical (unpaired) electrons. The van der Waals surface area contributed by atoms with Crippen molar-refractivity contribution in [2.75, 3.05) is 11.5 Å². The van der Waals surface area contributed by atoms with Crippen LogP contribution in [-0.2, 0) is 4.74 Å². The number of carbonyl (C=O) groups is 1. The Bertz CT molecular complexity index is 1090. The number of nitrogens with two attached hydrogens (primary N) is 2. The van der Waals surface area contributed by atoms with Gasteiger partial charge in [-0.25, -0.2) is 4.79 Å². The SMILES string of the molecule is CC(C)=CCCC(C)C1CCC2C3CCC4C[C@H](OC(=O)c5cc(N)cc(N)c5)CCC45CC(CC12C)C35. The molecule has 5 aliphatic rings. The van der Waals surface area contributed by atoms with E-state index in [1.54, 1.807) is 18.2 Å². The summed E-state index contributed by atoms with van der Waals surface area (Å²) in [6.07, 6.45) is 16.9. The average Bonchev–Trinajstić information content (AvgIpc) is 3.19. The number of anilines is 2. The van der Waals surface area contributed by atoms with E-state index in [2.05, 4.69) is 33.8 Å². The van der Waals surface area contributed by atoms with Gasteiger partial charge >= 0.3 is 5.97 Å². The molecule has 5 saturated carbocycles. The molecule has 0 saturated heterocycles. The fourth-order valence-electron chi connectivity index (χ4n) is 11.2. The highest BCUT2D eigenvalue weighted by Gasteiger charge is 2.70. The molecular weight excluding hydrogens is 468 g/mol. The number of esters is 1. The summed E-state index contributed by atoms with van der Waals surface area (Å²) < 4.78 is 6.05. The maximum Gasteiger partial charge on any atom is 0.338 e. The molecule has 4 heteroatoms. The van der Waals surface area contributed by atoms with Crippen LogP contribution in [0, 0.1) is 52.3 Å². The number of fused-ring (bicyclic) bond motifs is 2. The molecule has 38 heavy (non-hydrogen) atoms. The zero-order chi connectivity index (χ0) is 26.8. The second-order valence-corrected chi connectivity index (χ2v) is 14.7. The van der Waals surface area contributed by atoms with E-state index in [0.29, 0.717) is 27.8 Å². The Kier molecular flexibility index (Phi) is 6.63. The van der Waals surface area contributed by atoms with E-state index in [4.69, 9.17) is 16.2 Å². The van der Waals surface area contributed by atoms with Gasteiger partial charge in [-0.15, -0.1) is 0 Å². The minimum Gasteiger partial charge on any atom is -0.459 e. The molecular formula is C34H50N2O2. The number of hydrogen-bond donors (Lipinski definition) is 2. The number of rotatable bonds is 6. The van der Waals surface area contributed by atoms with E-state index < -0.39 is 0 Å². The number of hydrogen-bond acceptors (Lipinski definition) is 4. The summed E-state index contributed by atoms with van der Waals surface area (Å²) in [5, 5.41) is 0. The van der Waals surface area contributed by atoms with Crippen molar-refractivity contribution in [3.63, 3.8) is 0 Å². The second-order valence-electron chi connectivity index (χ2n) is 14.7. The zero-order valence-electron chi connectivity index (χ0n) is 24.2. The van der Waals surface area contributed by atoms with E-state index in [0.717, 1.165) is 54.3 Å². The molecule has 0 amide bonds. The number of benzene rings is 1. The molecule has 6 rings (SSSR count). The molecule has 0 aliphatic heterocycles. The molecule has 5 fully saturated rings. The fraction of sp³-hybridized carbons (Fsp3) is 0.735. The van der Waals surface area contributed by atoms with Crippen molar-refractivity contribution in [3.05, 3.63) is 35.4 Å². The Labute approximate surface area is 230 Å². The Morgan fingerprint density at radius 2 is 1.84 bits per heavy atom. The van der Waals surface area contributed by atoms with Crippen molar-refractivity contribution in [1.29, 1.82) is 0 Å². The van der Waals surface area contributed by atoms with Crippen LogP contribution in [0.25, 0.3) is 0 Å². The first kappa shape index (κ1) is 26.3. The number of ether oxygens (including phenoxy) is 1. The van der Waals surface area contributed by atoms with Gasteiger partial charge in [-0.3, -0.25) is 0 Å². The van der Waals surface area contributed by atoms with Gasteiger partial charge in [-0.1, -0.05) is 25.5 Å². The molecule has 5 aliphatic carbocycles. The molecule has 0 aromatic heterocycles. The van der Waals surface area contributed by atoms with Crippen LogP contribution in [0.4, 0.5) is 11.4 Å². The van der Waals surface area contributed by atoms with E-state index >= 15 is 0 Å². The number of allylic oxidation sites excluding steroid dienone is 2. The van der Waals surface area contributed by atoms with Crippen LogP contribution in [0.15, 0.2) is 29.8 Å². The fourth-order valence-corrected chi connectivity index (χ4v) is 11.2. The van der Waals surface area contributed by atoms with Crippen molar-refractivity contribution in [1.82, 2.24) is 0 Å². The third kappa shape index (κ3) is 4.20. The smallest absolute Gasteiger partial charge is 0.338 e. The van der Waals surface area contributed by atoms with Gasteiger partial charge in [0.1, 0.15) is 6.10 Å². The molecule has 1 spiro atoms. The number of nitrogen functional groups attached to an aromatic ring is 2. The molecule has 9 unspecified atom stereocenters. The second kappa shape index (κ2) is 9.59. The van der Waals surface area contributed by atoms with Crippen molar-refractivity contribution < 1.29 is 9.53 Å². The van der Waals surface area contributed by atoms with Crippen molar-refractivity contribution in [2.24, 2.45) is 52.3 Å². The minimum atomic E-state index is -0.269. The third-order valence-corrected chi connectivity index (χ3v) is 12.5. The van der Waals surface area contributed by atoms with E-state index in [9.17, 15) is 4.79 Å². The average molecular weight is 519 g/mol. The topological polar surface area (TPSA) is 78.3 Å². The van der Waals surface area contributed by atoms with Crippen molar-refractivity contribution in [2.45, 2.75) is 104 Å². The van der Waals surface area contributed by atoms with Crippen LogP contribution in [0.3, 0.4) is 0 Å². The van der Waals surface area contributed by atoms with Gasteiger partial charge in [0, 0.05) is 11.4 Å². The predicted molar refractivity (Wildman–Crippen MR) is 155 cm³/mol. The summed E-state index contributed by atoms with van der Waals surface area (Å²) in [5.41, 5.74) is 15.9. The minimum absolute atomic E-state index is 0.0303. The molecule has 4 nitrogen and oxygen atoms in total. The molecule has 10 atom stereocenters. The maximum absolute atomic E-state index is 12.9. The lowest BCUT2D eigenvalue weighted by Crippen LogP contribution is -2.65. The molecule has 1 aromatic carbocycles. The van der Waals surface area contributed by atoms with Crippen molar-refractivity contribution >= 4 is 17.3 Å². The van der Waals surface area contributed by atoms with Gasteiger partial charge < -0.3 is 16.2 Å². The van der Waals surface area contributed by atoms with Gasteiger partial charge in [0.05, 0.1) is 5.56 Å². The summed E-state index contributed by atoms with van der Waals surface area (Å²) >= 11 is 0. The summed E-state index contributed by atoms with van der Waals surface area (Å²) in [7, 11) is 0. The first-order valence-electron chi connectivity index (χ1n) is 15.6. The highest BCUT2D eigenvalue weighted by Crippen LogP contribution is 2.77. The summed E-state index contributed by atoms with van der Waals surface area (Å²) in [5.74, 6) is 5.94. The summed E-state index contributed by atoms with van der Waals surface area (Å²) in [6, 6.07) is 5.04. The summed E-state index contributed by atoms with van der Waals surface area (Å²) in [4.78, 5) is 12.9. The Hall–Kier alpha value is -1.97. The predicted octanol–water partition coefficient (Wildman–Crippen LogP) is 8.03. The Balaban J connectivity index is 1.12. The molecule has 4 N–H and O–H groups in total. The first-order chi connectivity index (χ1) is 18.1. The maximum atomic E-state index is 12.9. The Morgan fingerprint density at radius 3 is 2.58 bits per heavy atom. The highest BCUT2D eigenvalue weighted by molar-refractivity contribution is 5.91. The van der Waals surface area contributed by atoms with E-state index in [-0.39, 0.29) is 12.1 Å². The van der Waals surface area contributed by atoms with E-state index in [1.165, 1.54) is 63.4 Å². The van der Waals surface area contributed by atoms with Crippen molar-refractivity contribution in [3.8, 4) is 0 Å². The quantitative estimate of drug-likeness (QED) is 0.227. The summed E-state index contributed by atoms with van der Waals surface area (Å²) in [6.45, 7) is 9.73. The number of carbonyl (C=O) groups excluding carboxylic acids is 1. The lowest BCUT2D eigenvalue weighted by molar-refractivity contribution is -0.239. The van der Waals surface area contributed by atoms with Crippen LogP contribution in [-0.4, -0.2) is 12.1 Å². The van der Waals surface area contributed by atoms with Gasteiger partial charge in [0.2, 0.25) is 0 Å². The molecule has 0 heterocycles. The van der Waals surface area contributed by atoms with Crippen LogP contribution >= 0.6 is 0 Å². The van der Waals surface area contributed by atoms with Gasteiger partial charge in [-0.05, 0) is 155 Å². The molecule has 0 bridgehead atoms. The largest absolute Gasteiger partial charge is 0.459 e. The third-order valence-electron chi connectivity index (χ3n) is 12.5. The molecule has 208 valence electrons. The van der Waals surface area contributed by atoms with Gasteiger partial charge in [0.25, 0.3) is 0 Å². The van der Waals surface area contributed by atoms with Gasteiger partial charge in [0.15, 0.2) is 0 Å². The van der Waals surface area contributed by atoms with Crippen LogP contribution in [0.1, 0.15) is 109 Å². The van der Waals surface area contributed by atoms with Crippen LogP contribution in [0.5, 0.6) is 0 Å². The van der Waals surface area contributed by atoms with Crippen LogP contribution in [0.2, 0.25) is 0 Å². The van der Waals surface area contributed by atoms with E-state index in [1.807, 2.05) is 0 Å². The normalized spacial score (nSPS) is 41.6. The first-order valence-corrected chi connectivity index (χ1v) is 15.6. The van der Waals surface area contributed by atoms with Gasteiger partial charge in [-0.2, -0.15) is 0 Å². The monoisotopic (exact) mass is 518 g/mol. The Morgan fingerprint density at radius 1 is 1.08 bits per heavy atom. The molecule has 1 aromatic rings. The highest BCUT2D eigenvalue weighted by atomic mass is 16.5. The standard InChI is InChI=1S/C34H50N2O2/c1-20(2)6-5-7-21(3)29-10-11-30-28-9-8-24-16-27(38-32(37)22-14-25(35)17-26(36)15-22)12-13-34(24)19-23(31(28)34)18-33(29,30)4/h6,14-15,17,21,23-24,27-31H,5,7-13,16,18-19,35-36H2,1-4H3/t21?,23?,24?,27-,28?,29?,30?,31?,33?,34?/m1/s1. The zero-order valence-corrected chi connectivity index (χ0v) is 24.2. The lowest BCUT2D eigenvalue weighted by atomic mass is 9.33. The van der Waals surface area contributed by atoms with Crippen LogP contribution < -0.4 is 11.5 Å². The lowest BCUT2D eigenvalue weighted by Gasteiger charge is -2.72.